The van der Waals surface area contributed by atoms with Gasteiger partial charge < -0.3 is 5.11 Å². The monoisotopic (exact) mass is 219 g/mol. The molecule has 1 aromatic rings. The van der Waals surface area contributed by atoms with Crippen molar-refractivity contribution < 1.29 is 18.7 Å². The minimum atomic E-state index is -1.01. The molecule has 0 unspecified atom stereocenters. The van der Waals surface area contributed by atoms with E-state index in [4.69, 9.17) is 5.11 Å². The van der Waals surface area contributed by atoms with Gasteiger partial charge in [-0.2, -0.15) is 0 Å². The summed E-state index contributed by atoms with van der Waals surface area (Å²) in [5.74, 6) is -2.89. The Morgan fingerprint density at radius 3 is 2.71 bits per heavy atom. The maximum absolute atomic E-state index is 12.6. The summed E-state index contributed by atoms with van der Waals surface area (Å²) in [4.78, 5) is 10.5. The fraction of sp³-hybridized carbons (Fsp3) is 0.125. The normalized spacial score (nSPS) is 10.1. The molecule has 1 aromatic carbocycles. The van der Waals surface area contributed by atoms with Crippen molar-refractivity contribution in [3.63, 3.8) is 0 Å². The quantitative estimate of drug-likeness (QED) is 0.756. The third kappa shape index (κ3) is 3.31. The first kappa shape index (κ1) is 10.9. The Labute approximate surface area is 83.3 Å². The molecule has 0 aliphatic carbocycles. The number of nitrogens with one attached hydrogen (secondary N) is 1. The van der Waals surface area contributed by atoms with E-state index in [0.717, 1.165) is 24.1 Å². The molecule has 3 nitrogen and oxygen atoms in total. The van der Waals surface area contributed by atoms with E-state index in [-0.39, 0.29) is 6.54 Å². The van der Waals surface area contributed by atoms with E-state index < -0.39 is 17.6 Å². The minimum Gasteiger partial charge on any atom is -0.480 e. The van der Waals surface area contributed by atoms with E-state index in [1.165, 1.54) is 6.07 Å². The highest BCUT2D eigenvalue weighted by atomic mass is 32.2. The smallest absolute Gasteiger partial charge is 0.318 e. The van der Waals surface area contributed by atoms with Gasteiger partial charge in [-0.25, -0.2) is 13.5 Å². The highest BCUT2D eigenvalue weighted by Crippen LogP contribution is 2.17. The van der Waals surface area contributed by atoms with Crippen LogP contribution in [0.3, 0.4) is 0 Å². The zero-order valence-corrected chi connectivity index (χ0v) is 7.78. The number of carboxylic acids is 1. The second-order valence-corrected chi connectivity index (χ2v) is 3.36. The first-order valence-electron chi connectivity index (χ1n) is 3.66. The number of hydrogen-bond acceptors (Lipinski definition) is 3. The molecule has 0 heterocycles. The molecule has 0 bridgehead atoms. The van der Waals surface area contributed by atoms with Crippen LogP contribution in [-0.4, -0.2) is 17.6 Å². The van der Waals surface area contributed by atoms with Crippen LogP contribution >= 0.6 is 11.9 Å². The van der Waals surface area contributed by atoms with Crippen molar-refractivity contribution >= 4 is 17.9 Å². The molecule has 0 atom stereocenters. The van der Waals surface area contributed by atoms with Crippen LogP contribution in [-0.2, 0) is 4.79 Å². The van der Waals surface area contributed by atoms with Gasteiger partial charge >= 0.3 is 5.97 Å². The molecule has 0 aliphatic heterocycles. The summed E-state index contributed by atoms with van der Waals surface area (Å²) in [5, 5.41) is 8.28. The molecule has 6 heteroatoms. The highest BCUT2D eigenvalue weighted by molar-refractivity contribution is 7.97. The molecular formula is C8H7F2NO2S. The average molecular weight is 219 g/mol. The van der Waals surface area contributed by atoms with Crippen LogP contribution in [0.25, 0.3) is 0 Å². The van der Waals surface area contributed by atoms with Crippen LogP contribution < -0.4 is 4.72 Å². The van der Waals surface area contributed by atoms with Gasteiger partial charge in [0, 0.05) is 4.90 Å². The fourth-order valence-electron chi connectivity index (χ4n) is 0.722. The Balaban J connectivity index is 2.51. The van der Waals surface area contributed by atoms with Crippen molar-refractivity contribution in [2.24, 2.45) is 0 Å². The summed E-state index contributed by atoms with van der Waals surface area (Å²) in [7, 11) is 0. The number of carboxylic acid groups (broad SMARTS) is 1. The van der Waals surface area contributed by atoms with Crippen LogP contribution in [0.15, 0.2) is 23.1 Å². The summed E-state index contributed by atoms with van der Waals surface area (Å²) in [6.07, 6.45) is 0. The third-order valence-electron chi connectivity index (χ3n) is 1.30. The molecule has 0 radical (unpaired) electrons. The SMILES string of the molecule is O=C(O)CNSc1ccc(F)c(F)c1. The summed E-state index contributed by atoms with van der Waals surface area (Å²) in [6.45, 7) is -0.246. The zero-order valence-electron chi connectivity index (χ0n) is 6.96. The van der Waals surface area contributed by atoms with E-state index in [9.17, 15) is 13.6 Å². The minimum absolute atomic E-state index is 0.246. The largest absolute Gasteiger partial charge is 0.480 e. The van der Waals surface area contributed by atoms with Crippen molar-refractivity contribution in [1.29, 1.82) is 0 Å². The number of rotatable bonds is 4. The van der Waals surface area contributed by atoms with E-state index in [0.29, 0.717) is 4.90 Å². The van der Waals surface area contributed by atoms with Crippen LogP contribution in [0.4, 0.5) is 8.78 Å². The predicted molar refractivity (Wildman–Crippen MR) is 47.9 cm³/mol. The molecule has 0 aromatic heterocycles. The molecular weight excluding hydrogens is 212 g/mol. The molecule has 1 rings (SSSR count). The van der Waals surface area contributed by atoms with Gasteiger partial charge in [0.1, 0.15) is 6.54 Å². The lowest BCUT2D eigenvalue weighted by Gasteiger charge is -2.01. The Morgan fingerprint density at radius 1 is 1.43 bits per heavy atom. The second kappa shape index (κ2) is 4.92. The first-order valence-corrected chi connectivity index (χ1v) is 4.48. The van der Waals surface area contributed by atoms with Gasteiger partial charge in [-0.3, -0.25) is 4.79 Å². The lowest BCUT2D eigenvalue weighted by molar-refractivity contribution is -0.135. The van der Waals surface area contributed by atoms with Crippen LogP contribution in [0, 0.1) is 11.6 Å². The van der Waals surface area contributed by atoms with Crippen molar-refractivity contribution in [3.8, 4) is 0 Å². The number of benzene rings is 1. The number of hydrogen-bond donors (Lipinski definition) is 2. The summed E-state index contributed by atoms with van der Waals surface area (Å²) in [5.41, 5.74) is 0. The van der Waals surface area contributed by atoms with Crippen molar-refractivity contribution in [2.75, 3.05) is 6.54 Å². The molecule has 0 amide bonds. The standard InChI is InChI=1S/C8H7F2NO2S/c9-6-2-1-5(3-7(6)10)14-11-4-8(12)13/h1-3,11H,4H2,(H,12,13). The second-order valence-electron chi connectivity index (χ2n) is 2.39. The lowest BCUT2D eigenvalue weighted by atomic mass is 10.3. The number of carbonyl (C=O) groups is 1. The van der Waals surface area contributed by atoms with Gasteiger partial charge in [0.15, 0.2) is 11.6 Å². The van der Waals surface area contributed by atoms with Gasteiger partial charge in [-0.05, 0) is 30.1 Å². The average Bonchev–Trinajstić information content (AvgIpc) is 2.10. The molecule has 0 saturated carbocycles. The molecule has 0 saturated heterocycles. The summed E-state index contributed by atoms with van der Waals surface area (Å²) >= 11 is 0.934. The Morgan fingerprint density at radius 2 is 2.14 bits per heavy atom. The number of halogens is 2. The Hall–Kier alpha value is -1.14. The van der Waals surface area contributed by atoms with E-state index >= 15 is 0 Å². The zero-order chi connectivity index (χ0) is 10.6. The van der Waals surface area contributed by atoms with Gasteiger partial charge in [0.25, 0.3) is 0 Å². The molecule has 0 aliphatic rings. The van der Waals surface area contributed by atoms with Gasteiger partial charge in [0.2, 0.25) is 0 Å². The molecule has 0 spiro atoms. The predicted octanol–water partition coefficient (Wildman–Crippen LogP) is 1.65. The number of aliphatic carboxylic acids is 1. The maximum Gasteiger partial charge on any atom is 0.318 e. The van der Waals surface area contributed by atoms with Gasteiger partial charge in [-0.1, -0.05) is 0 Å². The van der Waals surface area contributed by atoms with E-state index in [1.54, 1.807) is 0 Å². The topological polar surface area (TPSA) is 49.3 Å². The van der Waals surface area contributed by atoms with Crippen LogP contribution in [0.1, 0.15) is 0 Å². The Kier molecular flexibility index (Phi) is 3.84. The molecule has 14 heavy (non-hydrogen) atoms. The van der Waals surface area contributed by atoms with E-state index in [1.807, 2.05) is 0 Å². The fourth-order valence-corrected chi connectivity index (χ4v) is 1.38. The van der Waals surface area contributed by atoms with Gasteiger partial charge in [-0.15, -0.1) is 0 Å². The Bertz CT molecular complexity index is 346. The maximum atomic E-state index is 12.6. The summed E-state index contributed by atoms with van der Waals surface area (Å²) in [6, 6.07) is 3.34. The highest BCUT2D eigenvalue weighted by Gasteiger charge is 2.03. The lowest BCUT2D eigenvalue weighted by Crippen LogP contribution is -2.15. The molecule has 76 valence electrons. The van der Waals surface area contributed by atoms with Gasteiger partial charge in [0.05, 0.1) is 0 Å². The summed E-state index contributed by atoms with van der Waals surface area (Å²) < 4.78 is 27.6. The third-order valence-corrected chi connectivity index (χ3v) is 2.08. The van der Waals surface area contributed by atoms with Crippen LogP contribution in [0.2, 0.25) is 0 Å². The van der Waals surface area contributed by atoms with Crippen molar-refractivity contribution in [1.82, 2.24) is 4.72 Å². The van der Waals surface area contributed by atoms with E-state index in [2.05, 4.69) is 4.72 Å². The molecule has 0 fully saturated rings. The van der Waals surface area contributed by atoms with Crippen molar-refractivity contribution in [3.05, 3.63) is 29.8 Å². The van der Waals surface area contributed by atoms with Crippen molar-refractivity contribution in [2.45, 2.75) is 4.90 Å². The molecule has 2 N–H and O–H groups in total. The first-order chi connectivity index (χ1) is 6.59. The van der Waals surface area contributed by atoms with Crippen LogP contribution in [0.5, 0.6) is 0 Å².